The van der Waals surface area contributed by atoms with Gasteiger partial charge < -0.3 is 0 Å². The normalized spacial score (nSPS) is 16.9. The van der Waals surface area contributed by atoms with E-state index in [-0.39, 0.29) is 0 Å². The van der Waals surface area contributed by atoms with E-state index in [0.717, 1.165) is 23.7 Å². The molecule has 0 N–H and O–H groups in total. The van der Waals surface area contributed by atoms with Crippen LogP contribution in [0.4, 0.5) is 0 Å². The highest BCUT2D eigenvalue weighted by molar-refractivity contribution is 6.79. The van der Waals surface area contributed by atoms with Crippen molar-refractivity contribution in [2.45, 2.75) is 205 Å². The highest BCUT2D eigenvalue weighted by Crippen LogP contribution is 2.40. The first-order valence-corrected chi connectivity index (χ1v) is 21.5. The van der Waals surface area contributed by atoms with Gasteiger partial charge in [0.1, 0.15) is 13.1 Å². The van der Waals surface area contributed by atoms with Crippen LogP contribution in [-0.4, -0.2) is 13.1 Å². The summed E-state index contributed by atoms with van der Waals surface area (Å²) in [5.41, 5.74) is 0. The second-order valence-corrected chi connectivity index (χ2v) is 19.5. The fourth-order valence-electron chi connectivity index (χ4n) is 7.40. The van der Waals surface area contributed by atoms with Gasteiger partial charge in [-0.15, -0.1) is 0 Å². The van der Waals surface area contributed by atoms with Gasteiger partial charge in [0.15, 0.2) is 0 Å². The molecule has 0 rings (SSSR count). The van der Waals surface area contributed by atoms with Crippen LogP contribution in [0.1, 0.15) is 184 Å². The molecule has 0 bridgehead atoms. The van der Waals surface area contributed by atoms with Crippen molar-refractivity contribution in [2.75, 3.05) is 0 Å². The van der Waals surface area contributed by atoms with Gasteiger partial charge in [-0.05, 0) is 23.7 Å². The minimum atomic E-state index is -1.64. The molecule has 37 heavy (non-hydrogen) atoms. The molecule has 4 atom stereocenters. The summed E-state index contributed by atoms with van der Waals surface area (Å²) in [6, 6.07) is 0. The summed E-state index contributed by atoms with van der Waals surface area (Å²) < 4.78 is 0. The maximum absolute atomic E-state index is 2.49. The lowest BCUT2D eigenvalue weighted by Crippen LogP contribution is -2.36. The molecule has 0 heterocycles. The van der Waals surface area contributed by atoms with Gasteiger partial charge in [-0.25, -0.2) is 0 Å². The number of unbranched alkanes of at least 4 members (excludes halogenated alkanes) is 4. The van der Waals surface area contributed by atoms with Crippen LogP contribution in [0.3, 0.4) is 0 Å². The summed E-state index contributed by atoms with van der Waals surface area (Å²) >= 11 is -1.64. The van der Waals surface area contributed by atoms with Gasteiger partial charge in [0.25, 0.3) is 0 Å². The zero-order chi connectivity index (χ0) is 27.8. The molecule has 224 valence electrons. The standard InChI is InChI=1S/4C9H19.Al/c4*1-4-7-8-9(5-2)6-3;/h4*9H,2,4-8H2,1,3H3;/q;;;;-1. The molecule has 0 radical (unpaired) electrons. The van der Waals surface area contributed by atoms with Gasteiger partial charge in [0.2, 0.25) is 0 Å². The highest BCUT2D eigenvalue weighted by atomic mass is 27.2. The van der Waals surface area contributed by atoms with Crippen molar-refractivity contribution in [1.29, 1.82) is 0 Å². The molecule has 0 aliphatic heterocycles. The quantitative estimate of drug-likeness (QED) is 0.0874. The zero-order valence-corrected chi connectivity index (χ0v) is 29.0. The Hall–Kier alpha value is 0.532. The van der Waals surface area contributed by atoms with Crippen LogP contribution in [0.5, 0.6) is 0 Å². The molecule has 0 saturated heterocycles. The molecule has 0 nitrogen and oxygen atoms in total. The van der Waals surface area contributed by atoms with Gasteiger partial charge in [0.05, 0.1) is 0 Å². The third-order valence-corrected chi connectivity index (χ3v) is 17.2. The molecule has 4 unspecified atom stereocenters. The third kappa shape index (κ3) is 18.5. The average molecular weight is 536 g/mol. The molecule has 0 aromatic rings. The predicted octanol–water partition coefficient (Wildman–Crippen LogP) is 13.9. The molecule has 0 aliphatic rings. The first kappa shape index (κ1) is 37.5. The Labute approximate surface area is 241 Å². The van der Waals surface area contributed by atoms with Crippen LogP contribution in [0, 0.1) is 23.7 Å². The maximum Gasteiger partial charge on any atom is 0.134 e. The molecule has 0 aromatic heterocycles. The third-order valence-electron chi connectivity index (χ3n) is 10.9. The minimum absolute atomic E-state index is 1.01. The Morgan fingerprint density at radius 2 is 0.541 bits per heavy atom. The highest BCUT2D eigenvalue weighted by Gasteiger charge is 2.31. The van der Waals surface area contributed by atoms with Gasteiger partial charge >= 0.3 is 0 Å². The summed E-state index contributed by atoms with van der Waals surface area (Å²) in [5.74, 6) is 4.02. The maximum atomic E-state index is 2.49. The molecule has 1 heteroatoms. The van der Waals surface area contributed by atoms with Crippen molar-refractivity contribution in [2.24, 2.45) is 23.7 Å². The lowest BCUT2D eigenvalue weighted by Gasteiger charge is -2.41. The van der Waals surface area contributed by atoms with Crippen molar-refractivity contribution in [3.05, 3.63) is 0 Å². The Morgan fingerprint density at radius 3 is 0.703 bits per heavy atom. The van der Waals surface area contributed by atoms with Crippen LogP contribution in [0.15, 0.2) is 0 Å². The number of rotatable bonds is 28. The Bertz CT molecular complexity index is 372. The predicted molar refractivity (Wildman–Crippen MR) is 177 cm³/mol. The topological polar surface area (TPSA) is 0 Å². The zero-order valence-electron chi connectivity index (χ0n) is 27.9. The van der Waals surface area contributed by atoms with E-state index in [1.165, 1.54) is 103 Å². The van der Waals surface area contributed by atoms with Gasteiger partial charge in [0, 0.05) is 0 Å². The summed E-state index contributed by atoms with van der Waals surface area (Å²) in [4.78, 5) is 0. The van der Waals surface area contributed by atoms with Crippen LogP contribution >= 0.6 is 0 Å². The van der Waals surface area contributed by atoms with Crippen molar-refractivity contribution >= 4 is 13.1 Å². The first-order valence-electron chi connectivity index (χ1n) is 18.2. The van der Waals surface area contributed by atoms with E-state index >= 15 is 0 Å². The fraction of sp³-hybridized carbons (Fsp3) is 1.00. The van der Waals surface area contributed by atoms with E-state index in [2.05, 4.69) is 55.4 Å². The lowest BCUT2D eigenvalue weighted by molar-refractivity contribution is 0.412. The molecule has 0 fully saturated rings. The van der Waals surface area contributed by atoms with E-state index in [4.69, 9.17) is 0 Å². The Morgan fingerprint density at radius 1 is 0.324 bits per heavy atom. The molecule has 0 amide bonds. The van der Waals surface area contributed by atoms with Gasteiger partial charge in [-0.1, -0.05) is 184 Å². The first-order chi connectivity index (χ1) is 18.0. The summed E-state index contributed by atoms with van der Waals surface area (Å²) in [6.07, 6.45) is 29.3. The SMILES string of the molecule is CCCCC(CC)C[CH2][Al-]([CH2]CC(CC)CCCC)([CH2]CC(CC)CCCC)[CH2]CC(CC)CCCC. The monoisotopic (exact) mass is 536 g/mol. The number of hydrogen-bond donors (Lipinski definition) is 0. The summed E-state index contributed by atoms with van der Waals surface area (Å²) in [6.45, 7) is 19.5. The van der Waals surface area contributed by atoms with Gasteiger partial charge in [-0.2, -0.15) is 21.1 Å². The Kier molecular flexibility index (Phi) is 25.9. The van der Waals surface area contributed by atoms with Crippen molar-refractivity contribution < 1.29 is 0 Å². The van der Waals surface area contributed by atoms with Crippen molar-refractivity contribution in [3.63, 3.8) is 0 Å². The smallest absolute Gasteiger partial charge is 0.134 e. The van der Waals surface area contributed by atoms with Crippen LogP contribution < -0.4 is 0 Å². The molecule has 0 spiro atoms. The van der Waals surface area contributed by atoms with E-state index in [0.29, 0.717) is 0 Å². The van der Waals surface area contributed by atoms with Crippen molar-refractivity contribution in [3.8, 4) is 0 Å². The second-order valence-electron chi connectivity index (χ2n) is 13.7. The second kappa shape index (κ2) is 25.5. The molecule has 0 aliphatic carbocycles. The van der Waals surface area contributed by atoms with Crippen LogP contribution in [-0.2, 0) is 0 Å². The number of hydrogen-bond acceptors (Lipinski definition) is 0. The van der Waals surface area contributed by atoms with E-state index in [1.807, 2.05) is 0 Å². The average Bonchev–Trinajstić information content (AvgIpc) is 2.93. The van der Waals surface area contributed by atoms with E-state index < -0.39 is 13.1 Å². The van der Waals surface area contributed by atoms with E-state index in [1.54, 1.807) is 46.8 Å². The largest absolute Gasteiger partial charge is 0.191 e. The van der Waals surface area contributed by atoms with Crippen LogP contribution in [0.2, 0.25) is 21.1 Å². The van der Waals surface area contributed by atoms with Crippen LogP contribution in [0.25, 0.3) is 0 Å². The molecular weight excluding hydrogens is 459 g/mol. The minimum Gasteiger partial charge on any atom is -0.191 e. The Balaban J connectivity index is 5.79. The lowest BCUT2D eigenvalue weighted by atomic mass is 9.96. The van der Waals surface area contributed by atoms with E-state index in [9.17, 15) is 0 Å². The van der Waals surface area contributed by atoms with Crippen molar-refractivity contribution in [1.82, 2.24) is 0 Å². The van der Waals surface area contributed by atoms with Gasteiger partial charge in [-0.3, -0.25) is 0 Å². The summed E-state index contributed by atoms with van der Waals surface area (Å²) in [7, 11) is 0. The molecular formula is C36H76Al-. The fourth-order valence-corrected chi connectivity index (χ4v) is 13.9. The summed E-state index contributed by atoms with van der Waals surface area (Å²) in [5, 5.41) is 6.75. The molecule has 0 saturated carbocycles. The molecule has 0 aromatic carbocycles.